The highest BCUT2D eigenvalue weighted by Crippen LogP contribution is 2.43. The van der Waals surface area contributed by atoms with Crippen LogP contribution in [0.25, 0.3) is 11.3 Å². The molecule has 2 N–H and O–H groups in total. The van der Waals surface area contributed by atoms with E-state index in [1.807, 2.05) is 14.0 Å². The third-order valence-corrected chi connectivity index (χ3v) is 4.01. The molecule has 1 aliphatic rings. The van der Waals surface area contributed by atoms with Gasteiger partial charge in [-0.25, -0.2) is 9.67 Å². The molecule has 0 saturated heterocycles. The molecule has 1 aliphatic carbocycles. The molecule has 21 heavy (non-hydrogen) atoms. The molecule has 0 unspecified atom stereocenters. The summed E-state index contributed by atoms with van der Waals surface area (Å²) in [4.78, 5) is 4.82. The van der Waals surface area contributed by atoms with Crippen molar-refractivity contribution in [1.29, 1.82) is 0 Å². The number of nitrogens with zero attached hydrogens (tertiary/aromatic N) is 4. The van der Waals surface area contributed by atoms with Gasteiger partial charge in [-0.3, -0.25) is 0 Å². The number of hydrogen-bond acceptors (Lipinski definition) is 4. The second-order valence-electron chi connectivity index (χ2n) is 5.71. The first-order chi connectivity index (χ1) is 10.1. The maximum Gasteiger partial charge on any atom is 0.221 e. The molecule has 0 atom stereocenters. The molecule has 1 fully saturated rings. The molecule has 6 heteroatoms. The monoisotopic (exact) mass is 289 g/mol. The highest BCUT2D eigenvalue weighted by Gasteiger charge is 2.31. The number of rotatable bonds is 5. The summed E-state index contributed by atoms with van der Waals surface area (Å²) in [7, 11) is 3.53. The molecule has 0 spiro atoms. The number of nitrogen functional groups attached to an aromatic ring is 1. The Bertz CT molecular complexity index is 666. The SMILES string of the molecule is CCCc1nc(-c2c(C)nn(C)c2OC)c(N)n1C1CC1. The van der Waals surface area contributed by atoms with E-state index >= 15 is 0 Å². The van der Waals surface area contributed by atoms with E-state index in [9.17, 15) is 0 Å². The van der Waals surface area contributed by atoms with Crippen LogP contribution in [0, 0.1) is 6.92 Å². The van der Waals surface area contributed by atoms with Crippen LogP contribution in [0.2, 0.25) is 0 Å². The predicted octanol–water partition coefficient (Wildman–Crippen LogP) is 2.47. The molecule has 3 rings (SSSR count). The molecule has 0 bridgehead atoms. The van der Waals surface area contributed by atoms with Gasteiger partial charge in [-0.15, -0.1) is 0 Å². The number of anilines is 1. The Morgan fingerprint density at radius 3 is 2.67 bits per heavy atom. The van der Waals surface area contributed by atoms with Crippen molar-refractivity contribution in [3.63, 3.8) is 0 Å². The van der Waals surface area contributed by atoms with Gasteiger partial charge < -0.3 is 15.0 Å². The van der Waals surface area contributed by atoms with Crippen LogP contribution in [0.1, 0.15) is 43.7 Å². The Labute approximate surface area is 124 Å². The first kappa shape index (κ1) is 14.0. The Kier molecular flexibility index (Phi) is 3.39. The van der Waals surface area contributed by atoms with Crippen LogP contribution in [0.4, 0.5) is 5.82 Å². The van der Waals surface area contributed by atoms with Gasteiger partial charge in [-0.2, -0.15) is 5.10 Å². The van der Waals surface area contributed by atoms with E-state index in [0.717, 1.165) is 41.4 Å². The fraction of sp³-hybridized carbons (Fsp3) is 0.600. The third kappa shape index (κ3) is 2.18. The van der Waals surface area contributed by atoms with Gasteiger partial charge in [-0.1, -0.05) is 6.92 Å². The maximum absolute atomic E-state index is 6.42. The maximum atomic E-state index is 6.42. The minimum absolute atomic E-state index is 0.524. The quantitative estimate of drug-likeness (QED) is 0.918. The number of hydrogen-bond donors (Lipinski definition) is 1. The van der Waals surface area contributed by atoms with Crippen LogP contribution in [-0.2, 0) is 13.5 Å². The van der Waals surface area contributed by atoms with Gasteiger partial charge in [0.15, 0.2) is 0 Å². The average Bonchev–Trinajstić information content (AvgIpc) is 3.16. The Morgan fingerprint density at radius 2 is 2.10 bits per heavy atom. The van der Waals surface area contributed by atoms with E-state index in [1.165, 1.54) is 12.8 Å². The lowest BCUT2D eigenvalue weighted by Crippen LogP contribution is -2.05. The zero-order valence-electron chi connectivity index (χ0n) is 13.2. The molecule has 0 radical (unpaired) electrons. The number of methoxy groups -OCH3 is 1. The van der Waals surface area contributed by atoms with Crippen molar-refractivity contribution in [2.24, 2.45) is 7.05 Å². The summed E-state index contributed by atoms with van der Waals surface area (Å²) < 4.78 is 9.44. The first-order valence-electron chi connectivity index (χ1n) is 7.53. The molecule has 0 aromatic carbocycles. The predicted molar refractivity (Wildman–Crippen MR) is 82.4 cm³/mol. The van der Waals surface area contributed by atoms with Gasteiger partial charge in [0, 0.05) is 19.5 Å². The van der Waals surface area contributed by atoms with Crippen LogP contribution < -0.4 is 10.5 Å². The molecular weight excluding hydrogens is 266 g/mol. The summed E-state index contributed by atoms with van der Waals surface area (Å²) in [5.74, 6) is 2.54. The van der Waals surface area contributed by atoms with Gasteiger partial charge in [0.05, 0.1) is 18.4 Å². The molecule has 0 amide bonds. The smallest absolute Gasteiger partial charge is 0.221 e. The Balaban J connectivity index is 2.17. The molecule has 0 aliphatic heterocycles. The van der Waals surface area contributed by atoms with Gasteiger partial charge >= 0.3 is 0 Å². The summed E-state index contributed by atoms with van der Waals surface area (Å²) in [5.41, 5.74) is 9.03. The van der Waals surface area contributed by atoms with E-state index in [2.05, 4.69) is 16.6 Å². The number of imidazole rings is 1. The normalized spacial score (nSPS) is 14.7. The lowest BCUT2D eigenvalue weighted by atomic mass is 10.2. The highest BCUT2D eigenvalue weighted by atomic mass is 16.5. The van der Waals surface area contributed by atoms with Crippen molar-refractivity contribution < 1.29 is 4.74 Å². The van der Waals surface area contributed by atoms with Crippen molar-refractivity contribution in [3.05, 3.63) is 11.5 Å². The van der Waals surface area contributed by atoms with E-state index in [1.54, 1.807) is 11.8 Å². The molecule has 2 aromatic rings. The first-order valence-corrected chi connectivity index (χ1v) is 7.53. The lowest BCUT2D eigenvalue weighted by Gasteiger charge is -2.07. The van der Waals surface area contributed by atoms with Crippen LogP contribution in [0.15, 0.2) is 0 Å². The van der Waals surface area contributed by atoms with Crippen LogP contribution in [0.3, 0.4) is 0 Å². The topological polar surface area (TPSA) is 70.9 Å². The van der Waals surface area contributed by atoms with E-state index < -0.39 is 0 Å². The molecule has 114 valence electrons. The van der Waals surface area contributed by atoms with Crippen molar-refractivity contribution >= 4 is 5.82 Å². The van der Waals surface area contributed by atoms with Crippen LogP contribution >= 0.6 is 0 Å². The fourth-order valence-electron chi connectivity index (χ4n) is 2.96. The number of aryl methyl sites for hydroxylation is 3. The van der Waals surface area contributed by atoms with Gasteiger partial charge in [0.25, 0.3) is 0 Å². The van der Waals surface area contributed by atoms with Crippen molar-refractivity contribution in [1.82, 2.24) is 19.3 Å². The average molecular weight is 289 g/mol. The molecule has 2 heterocycles. The molecule has 1 saturated carbocycles. The van der Waals surface area contributed by atoms with E-state index in [0.29, 0.717) is 11.9 Å². The van der Waals surface area contributed by atoms with Gasteiger partial charge in [0.1, 0.15) is 17.3 Å². The molecule has 2 aromatic heterocycles. The summed E-state index contributed by atoms with van der Waals surface area (Å²) >= 11 is 0. The summed E-state index contributed by atoms with van der Waals surface area (Å²) in [6, 6.07) is 0.524. The zero-order valence-corrected chi connectivity index (χ0v) is 13.2. The molecule has 6 nitrogen and oxygen atoms in total. The standard InChI is InChI=1S/C15H23N5O/c1-5-6-11-17-13(14(16)20(11)10-7-8-10)12-9(2)18-19(3)15(12)21-4/h10H,5-8,16H2,1-4H3. The summed E-state index contributed by atoms with van der Waals surface area (Å²) in [6.07, 6.45) is 4.40. The summed E-state index contributed by atoms with van der Waals surface area (Å²) in [6.45, 7) is 4.13. The molecular formula is C15H23N5O. The van der Waals surface area contributed by atoms with Gasteiger partial charge in [-0.05, 0) is 26.2 Å². The number of nitrogens with two attached hydrogens (primary N) is 1. The van der Waals surface area contributed by atoms with Crippen molar-refractivity contribution in [2.45, 2.75) is 45.6 Å². The van der Waals surface area contributed by atoms with Crippen LogP contribution in [-0.4, -0.2) is 26.4 Å². The number of ether oxygens (including phenoxy) is 1. The lowest BCUT2D eigenvalue weighted by molar-refractivity contribution is 0.374. The van der Waals surface area contributed by atoms with E-state index in [4.69, 9.17) is 15.5 Å². The zero-order chi connectivity index (χ0) is 15.1. The highest BCUT2D eigenvalue weighted by molar-refractivity contribution is 5.77. The van der Waals surface area contributed by atoms with Crippen LogP contribution in [0.5, 0.6) is 5.88 Å². The third-order valence-electron chi connectivity index (χ3n) is 4.01. The second kappa shape index (κ2) is 5.09. The van der Waals surface area contributed by atoms with Crippen molar-refractivity contribution in [2.75, 3.05) is 12.8 Å². The van der Waals surface area contributed by atoms with Gasteiger partial charge in [0.2, 0.25) is 5.88 Å². The minimum atomic E-state index is 0.524. The Hall–Kier alpha value is -1.98. The Morgan fingerprint density at radius 1 is 1.38 bits per heavy atom. The summed E-state index contributed by atoms with van der Waals surface area (Å²) in [5, 5.41) is 4.43. The minimum Gasteiger partial charge on any atom is -0.481 e. The van der Waals surface area contributed by atoms with E-state index in [-0.39, 0.29) is 0 Å². The second-order valence-corrected chi connectivity index (χ2v) is 5.71. The number of aromatic nitrogens is 4. The largest absolute Gasteiger partial charge is 0.481 e. The fourth-order valence-corrected chi connectivity index (χ4v) is 2.96. The van der Waals surface area contributed by atoms with Crippen molar-refractivity contribution in [3.8, 4) is 17.1 Å².